The van der Waals surface area contributed by atoms with Crippen molar-refractivity contribution in [3.05, 3.63) is 48.5 Å². The van der Waals surface area contributed by atoms with E-state index in [0.717, 1.165) is 35.5 Å². The van der Waals surface area contributed by atoms with E-state index in [9.17, 15) is 4.79 Å². The van der Waals surface area contributed by atoms with Crippen LogP contribution in [-0.2, 0) is 11.3 Å². The lowest BCUT2D eigenvalue weighted by Crippen LogP contribution is -2.42. The molecule has 0 radical (unpaired) electrons. The Balaban J connectivity index is 0.00000160. The zero-order chi connectivity index (χ0) is 19.3. The number of fused-ring (bicyclic) bond motifs is 1. The highest BCUT2D eigenvalue weighted by Gasteiger charge is 2.25. The molecule has 1 aliphatic heterocycles. The molecular formula is C20H28Br2N6O3. The first-order chi connectivity index (χ1) is 13.7. The van der Waals surface area contributed by atoms with E-state index in [1.54, 1.807) is 23.5 Å². The monoisotopic (exact) mass is 558 g/mol. The van der Waals surface area contributed by atoms with E-state index >= 15 is 0 Å². The quantitative estimate of drug-likeness (QED) is 0.513. The first-order valence-corrected chi connectivity index (χ1v) is 9.63. The van der Waals surface area contributed by atoms with Gasteiger partial charge in [0.15, 0.2) is 0 Å². The topological polar surface area (TPSA) is 117 Å². The number of aromatic nitrogens is 4. The summed E-state index contributed by atoms with van der Waals surface area (Å²) in [6, 6.07) is 8.33. The van der Waals surface area contributed by atoms with Crippen molar-refractivity contribution >= 4 is 57.0 Å². The summed E-state index contributed by atoms with van der Waals surface area (Å²) in [4.78, 5) is 27.0. The Morgan fingerprint density at radius 1 is 1.19 bits per heavy atom. The van der Waals surface area contributed by atoms with Crippen LogP contribution in [0.15, 0.2) is 42.9 Å². The molecule has 0 aliphatic carbocycles. The molecule has 170 valence electrons. The van der Waals surface area contributed by atoms with Crippen LogP contribution in [0.5, 0.6) is 0 Å². The van der Waals surface area contributed by atoms with Crippen molar-refractivity contribution in [2.45, 2.75) is 32.4 Å². The molecule has 11 heteroatoms. The van der Waals surface area contributed by atoms with Crippen molar-refractivity contribution in [1.82, 2.24) is 24.4 Å². The fraction of sp³-hybridized carbons (Fsp3) is 0.400. The van der Waals surface area contributed by atoms with Crippen molar-refractivity contribution in [3.63, 3.8) is 0 Å². The molecule has 1 fully saturated rings. The molecule has 1 aliphatic rings. The number of hydrogen-bond acceptors (Lipinski definition) is 6. The number of benzene rings is 1. The number of nitrogens with zero attached hydrogens (tertiary/aromatic N) is 5. The predicted molar refractivity (Wildman–Crippen MR) is 130 cm³/mol. The Hall–Kier alpha value is -2.24. The molecule has 3 heterocycles. The van der Waals surface area contributed by atoms with E-state index < -0.39 is 0 Å². The maximum atomic E-state index is 11.9. The molecule has 9 nitrogen and oxygen atoms in total. The van der Waals surface area contributed by atoms with E-state index in [1.807, 2.05) is 25.1 Å². The predicted octanol–water partition coefficient (Wildman–Crippen LogP) is 3.24. The standard InChI is InChI=1S/C20H24N6O2.2BrH.H2O/c1-2-28-20(27)25-11-7-15(8-12-25)23-19-24-17-5-3-4-6-18(17)26(19)14-16-13-21-9-10-22-16;;;/h3-6,9-10,13,15H,2,7-8,11-12,14H2,1H3,(H,23,24);2*1H;1H2. The third-order valence-corrected chi connectivity index (χ3v) is 4.95. The van der Waals surface area contributed by atoms with Gasteiger partial charge < -0.3 is 25.0 Å². The van der Waals surface area contributed by atoms with Gasteiger partial charge in [0.05, 0.1) is 36.1 Å². The Labute approximate surface area is 202 Å². The van der Waals surface area contributed by atoms with Crippen LogP contribution in [0.3, 0.4) is 0 Å². The van der Waals surface area contributed by atoms with Crippen LogP contribution in [-0.4, -0.2) is 61.7 Å². The number of carbonyl (C=O) groups is 1. The molecule has 1 saturated heterocycles. The molecule has 0 bridgehead atoms. The van der Waals surface area contributed by atoms with Gasteiger partial charge in [0, 0.05) is 31.5 Å². The number of carbonyl (C=O) groups excluding carboxylic acids is 1. The molecular weight excluding hydrogens is 532 g/mol. The second-order valence-corrected chi connectivity index (χ2v) is 6.81. The first kappa shape index (κ1) is 26.8. The zero-order valence-electron chi connectivity index (χ0n) is 17.2. The minimum Gasteiger partial charge on any atom is -0.450 e. The van der Waals surface area contributed by atoms with Crippen molar-refractivity contribution in [2.75, 3.05) is 25.0 Å². The smallest absolute Gasteiger partial charge is 0.409 e. The summed E-state index contributed by atoms with van der Waals surface area (Å²) in [6.07, 6.45) is 6.63. The number of para-hydroxylation sites is 2. The molecule has 0 atom stereocenters. The zero-order valence-corrected chi connectivity index (χ0v) is 20.7. The molecule has 0 spiro atoms. The first-order valence-electron chi connectivity index (χ1n) is 9.63. The number of nitrogens with one attached hydrogen (secondary N) is 1. The molecule has 0 unspecified atom stereocenters. The second-order valence-electron chi connectivity index (χ2n) is 6.81. The molecule has 3 N–H and O–H groups in total. The SMILES string of the molecule is Br.Br.CCOC(=O)N1CCC(Nc2nc3ccccc3n2Cc2cnccn2)CC1.O. The van der Waals surface area contributed by atoms with E-state index in [0.29, 0.717) is 26.2 Å². The number of ether oxygens (including phenoxy) is 1. The summed E-state index contributed by atoms with van der Waals surface area (Å²) >= 11 is 0. The van der Waals surface area contributed by atoms with Gasteiger partial charge in [-0.05, 0) is 31.9 Å². The van der Waals surface area contributed by atoms with Crippen LogP contribution in [0.25, 0.3) is 11.0 Å². The van der Waals surface area contributed by atoms with Gasteiger partial charge in [-0.1, -0.05) is 12.1 Å². The van der Waals surface area contributed by atoms with E-state index in [4.69, 9.17) is 9.72 Å². The largest absolute Gasteiger partial charge is 0.450 e. The summed E-state index contributed by atoms with van der Waals surface area (Å²) in [5, 5.41) is 3.58. The maximum absolute atomic E-state index is 11.9. The summed E-state index contributed by atoms with van der Waals surface area (Å²) in [5.74, 6) is 0.821. The van der Waals surface area contributed by atoms with Crippen molar-refractivity contribution in [1.29, 1.82) is 0 Å². The molecule has 1 amide bonds. The summed E-state index contributed by atoms with van der Waals surface area (Å²) in [6.45, 7) is 4.19. The number of halogens is 2. The van der Waals surface area contributed by atoms with Crippen LogP contribution >= 0.6 is 34.0 Å². The number of anilines is 1. The third-order valence-electron chi connectivity index (χ3n) is 4.95. The van der Waals surface area contributed by atoms with Crippen molar-refractivity contribution in [2.24, 2.45) is 0 Å². The van der Waals surface area contributed by atoms with Crippen LogP contribution in [0.2, 0.25) is 0 Å². The van der Waals surface area contributed by atoms with Crippen molar-refractivity contribution < 1.29 is 15.0 Å². The van der Waals surface area contributed by atoms with Crippen LogP contribution in [0, 0.1) is 0 Å². The molecule has 3 aromatic rings. The normalized spacial score (nSPS) is 13.5. The Morgan fingerprint density at radius 2 is 1.94 bits per heavy atom. The highest BCUT2D eigenvalue weighted by atomic mass is 79.9. The summed E-state index contributed by atoms with van der Waals surface area (Å²) in [5.41, 5.74) is 2.88. The van der Waals surface area contributed by atoms with Crippen LogP contribution in [0.4, 0.5) is 10.7 Å². The number of rotatable bonds is 5. The number of likely N-dealkylation sites (tertiary alicyclic amines) is 1. The summed E-state index contributed by atoms with van der Waals surface area (Å²) in [7, 11) is 0. The van der Waals surface area contributed by atoms with E-state index in [-0.39, 0.29) is 51.6 Å². The molecule has 2 aromatic heterocycles. The van der Waals surface area contributed by atoms with Crippen LogP contribution < -0.4 is 5.32 Å². The van der Waals surface area contributed by atoms with Gasteiger partial charge >= 0.3 is 6.09 Å². The van der Waals surface area contributed by atoms with E-state index in [1.165, 1.54) is 0 Å². The summed E-state index contributed by atoms with van der Waals surface area (Å²) < 4.78 is 7.23. The second kappa shape index (κ2) is 12.6. The highest BCUT2D eigenvalue weighted by Crippen LogP contribution is 2.23. The number of hydrogen-bond donors (Lipinski definition) is 1. The Bertz CT molecular complexity index is 948. The Morgan fingerprint density at radius 3 is 2.61 bits per heavy atom. The van der Waals surface area contributed by atoms with Gasteiger partial charge in [-0.25, -0.2) is 9.78 Å². The Kier molecular flexibility index (Phi) is 10.9. The lowest BCUT2D eigenvalue weighted by atomic mass is 10.1. The number of piperidine rings is 1. The maximum Gasteiger partial charge on any atom is 0.409 e. The van der Waals surface area contributed by atoms with Gasteiger partial charge in [0.1, 0.15) is 0 Å². The van der Waals surface area contributed by atoms with Crippen LogP contribution in [0.1, 0.15) is 25.5 Å². The van der Waals surface area contributed by atoms with Gasteiger partial charge in [-0.3, -0.25) is 9.97 Å². The molecule has 1 aromatic carbocycles. The molecule has 4 rings (SSSR count). The lowest BCUT2D eigenvalue weighted by molar-refractivity contribution is 0.0983. The minimum absolute atomic E-state index is 0. The van der Waals surface area contributed by atoms with E-state index in [2.05, 4.69) is 25.9 Å². The van der Waals surface area contributed by atoms with Gasteiger partial charge in [0.2, 0.25) is 5.95 Å². The third kappa shape index (κ3) is 6.37. The minimum atomic E-state index is -0.226. The van der Waals surface area contributed by atoms with Gasteiger partial charge in [-0.2, -0.15) is 0 Å². The molecule has 31 heavy (non-hydrogen) atoms. The average molecular weight is 560 g/mol. The highest BCUT2D eigenvalue weighted by molar-refractivity contribution is 8.93. The van der Waals surface area contributed by atoms with Gasteiger partial charge in [0.25, 0.3) is 0 Å². The number of imidazole rings is 1. The average Bonchev–Trinajstić information content (AvgIpc) is 3.06. The fourth-order valence-corrected chi connectivity index (χ4v) is 3.52. The molecule has 0 saturated carbocycles. The fourth-order valence-electron chi connectivity index (χ4n) is 3.52. The number of amides is 1. The lowest BCUT2D eigenvalue weighted by Gasteiger charge is -2.31. The van der Waals surface area contributed by atoms with Crippen molar-refractivity contribution in [3.8, 4) is 0 Å². The van der Waals surface area contributed by atoms with Gasteiger partial charge in [-0.15, -0.1) is 34.0 Å².